The predicted molar refractivity (Wildman–Crippen MR) is 123 cm³/mol. The topological polar surface area (TPSA) is 44.8 Å². The van der Waals surface area contributed by atoms with Crippen molar-refractivity contribution in [3.63, 3.8) is 0 Å². The predicted octanol–water partition coefficient (Wildman–Crippen LogP) is 6.39. The van der Waals surface area contributed by atoms with Crippen LogP contribution in [0.4, 0.5) is 4.39 Å². The van der Waals surface area contributed by atoms with Crippen LogP contribution in [0.25, 0.3) is 10.1 Å². The van der Waals surface area contributed by atoms with Crippen molar-refractivity contribution in [2.45, 2.75) is 53.1 Å². The second kappa shape index (κ2) is 9.69. The van der Waals surface area contributed by atoms with Crippen molar-refractivity contribution in [1.29, 1.82) is 0 Å². The third-order valence-corrected chi connectivity index (χ3v) is 6.43. The molecule has 1 aromatic heterocycles. The molecule has 3 rings (SSSR count). The van der Waals surface area contributed by atoms with Crippen LogP contribution in [0.5, 0.6) is 11.5 Å². The fourth-order valence-corrected chi connectivity index (χ4v) is 4.59. The number of fused-ring (bicyclic) bond motifs is 1. The number of esters is 1. The van der Waals surface area contributed by atoms with Gasteiger partial charge in [-0.25, -0.2) is 9.18 Å². The summed E-state index contributed by atoms with van der Waals surface area (Å²) in [4.78, 5) is 13.3. The Kier molecular flexibility index (Phi) is 7.21. The first-order valence-corrected chi connectivity index (χ1v) is 11.3. The Morgan fingerprint density at radius 2 is 1.90 bits per heavy atom. The molecule has 0 spiro atoms. The van der Waals surface area contributed by atoms with Crippen LogP contribution in [0.3, 0.4) is 0 Å². The molecule has 0 amide bonds. The van der Waals surface area contributed by atoms with E-state index in [2.05, 4.69) is 0 Å². The van der Waals surface area contributed by atoms with Gasteiger partial charge in [-0.1, -0.05) is 0 Å². The minimum absolute atomic E-state index is 0.197. The highest BCUT2D eigenvalue weighted by atomic mass is 32.1. The molecule has 0 aliphatic carbocycles. The van der Waals surface area contributed by atoms with E-state index in [0.717, 1.165) is 39.8 Å². The van der Waals surface area contributed by atoms with Gasteiger partial charge in [0.05, 0.1) is 13.2 Å². The number of carbonyl (C=O) groups excluding carboxylic acids is 1. The number of halogens is 1. The van der Waals surface area contributed by atoms with Crippen LogP contribution in [0.1, 0.15) is 43.2 Å². The van der Waals surface area contributed by atoms with Crippen molar-refractivity contribution >= 4 is 27.4 Å². The molecule has 0 atom stereocenters. The first-order chi connectivity index (χ1) is 14.7. The summed E-state index contributed by atoms with van der Waals surface area (Å²) >= 11 is 1.72. The molecule has 0 bridgehead atoms. The summed E-state index contributed by atoms with van der Waals surface area (Å²) in [5, 5.41) is 0.998. The highest BCUT2D eigenvalue weighted by Gasteiger charge is 2.32. The minimum Gasteiger partial charge on any atom is -0.494 e. The Balaban J connectivity index is 1.55. The number of benzene rings is 2. The van der Waals surface area contributed by atoms with Crippen molar-refractivity contribution in [2.75, 3.05) is 13.2 Å². The third-order valence-electron chi connectivity index (χ3n) is 5.09. The van der Waals surface area contributed by atoms with Gasteiger partial charge in [0.1, 0.15) is 17.3 Å². The van der Waals surface area contributed by atoms with Crippen LogP contribution < -0.4 is 9.47 Å². The maximum absolute atomic E-state index is 13.5. The maximum Gasteiger partial charge on any atom is 0.349 e. The molecule has 166 valence electrons. The first kappa shape index (κ1) is 23.1. The van der Waals surface area contributed by atoms with Gasteiger partial charge in [0.25, 0.3) is 0 Å². The zero-order valence-corrected chi connectivity index (χ0v) is 19.5. The molecule has 0 saturated heterocycles. The molecule has 0 fully saturated rings. The SMILES string of the molecule is CCOC(=O)C(C)(C)Oc1ccc(OCCCc2sc3ccc(F)cc3c2C)cc1C. The van der Waals surface area contributed by atoms with Gasteiger partial charge in [0, 0.05) is 9.58 Å². The molecule has 0 aliphatic heterocycles. The highest BCUT2D eigenvalue weighted by Crippen LogP contribution is 2.32. The Bertz CT molecular complexity index is 1070. The van der Waals surface area contributed by atoms with Crippen LogP contribution in [0.2, 0.25) is 0 Å². The molecule has 0 aliphatic rings. The van der Waals surface area contributed by atoms with Crippen molar-refractivity contribution < 1.29 is 23.4 Å². The monoisotopic (exact) mass is 444 g/mol. The maximum atomic E-state index is 13.5. The molecule has 3 aromatic rings. The highest BCUT2D eigenvalue weighted by molar-refractivity contribution is 7.19. The van der Waals surface area contributed by atoms with E-state index in [0.29, 0.717) is 19.0 Å². The van der Waals surface area contributed by atoms with Gasteiger partial charge in [-0.05, 0) is 100 Å². The lowest BCUT2D eigenvalue weighted by atomic mass is 10.1. The van der Waals surface area contributed by atoms with E-state index in [1.807, 2.05) is 38.1 Å². The third kappa shape index (κ3) is 5.56. The molecule has 6 heteroatoms. The fourth-order valence-electron chi connectivity index (χ4n) is 3.35. The average molecular weight is 445 g/mol. The minimum atomic E-state index is -1.06. The Morgan fingerprint density at radius 1 is 1.13 bits per heavy atom. The van der Waals surface area contributed by atoms with Crippen molar-refractivity contribution in [1.82, 2.24) is 0 Å². The van der Waals surface area contributed by atoms with E-state index in [9.17, 15) is 9.18 Å². The van der Waals surface area contributed by atoms with E-state index < -0.39 is 11.6 Å². The van der Waals surface area contributed by atoms with Gasteiger partial charge in [0.2, 0.25) is 0 Å². The van der Waals surface area contributed by atoms with E-state index in [4.69, 9.17) is 14.2 Å². The summed E-state index contributed by atoms with van der Waals surface area (Å²) in [6, 6.07) is 10.5. The number of thiophene rings is 1. The zero-order chi connectivity index (χ0) is 22.6. The van der Waals surface area contributed by atoms with Gasteiger partial charge in [-0.2, -0.15) is 0 Å². The molecular weight excluding hydrogens is 415 g/mol. The number of carbonyl (C=O) groups is 1. The Labute approximate surface area is 186 Å². The smallest absolute Gasteiger partial charge is 0.349 e. The standard InChI is InChI=1S/C25H29FO4S/c1-6-28-24(27)25(4,5)30-21-11-10-19(14-16(21)2)29-13-7-8-22-17(3)20-15-18(26)9-12-23(20)31-22/h9-12,14-15H,6-8,13H2,1-5H3. The number of aryl methyl sites for hydroxylation is 3. The molecule has 4 nitrogen and oxygen atoms in total. The summed E-state index contributed by atoms with van der Waals surface area (Å²) in [5.41, 5.74) is 0.979. The number of hydrogen-bond donors (Lipinski definition) is 0. The molecule has 0 saturated carbocycles. The van der Waals surface area contributed by atoms with E-state index in [1.165, 1.54) is 10.9 Å². The summed E-state index contributed by atoms with van der Waals surface area (Å²) in [5.74, 6) is 0.790. The molecule has 0 radical (unpaired) electrons. The molecule has 1 heterocycles. The van der Waals surface area contributed by atoms with Crippen LogP contribution in [0, 0.1) is 19.7 Å². The van der Waals surface area contributed by atoms with Crippen molar-refractivity contribution in [3.8, 4) is 11.5 Å². The van der Waals surface area contributed by atoms with E-state index in [1.54, 1.807) is 38.2 Å². The van der Waals surface area contributed by atoms with E-state index in [-0.39, 0.29) is 5.82 Å². The normalized spacial score (nSPS) is 11.5. The molecule has 0 N–H and O–H groups in total. The zero-order valence-electron chi connectivity index (χ0n) is 18.7. The summed E-state index contributed by atoms with van der Waals surface area (Å²) in [7, 11) is 0. The fraction of sp³-hybridized carbons (Fsp3) is 0.400. The lowest BCUT2D eigenvalue weighted by molar-refractivity contribution is -0.158. The Hall–Kier alpha value is -2.60. The number of hydrogen-bond acceptors (Lipinski definition) is 5. The molecule has 31 heavy (non-hydrogen) atoms. The number of rotatable bonds is 9. The van der Waals surface area contributed by atoms with Gasteiger partial charge in [-0.15, -0.1) is 11.3 Å². The Morgan fingerprint density at radius 3 is 2.61 bits per heavy atom. The van der Waals surface area contributed by atoms with Crippen molar-refractivity contribution in [3.05, 3.63) is 58.2 Å². The number of ether oxygens (including phenoxy) is 3. The van der Waals surface area contributed by atoms with E-state index >= 15 is 0 Å². The van der Waals surface area contributed by atoms with Crippen LogP contribution >= 0.6 is 11.3 Å². The van der Waals surface area contributed by atoms with Gasteiger partial charge in [0.15, 0.2) is 5.60 Å². The molecule has 0 unspecified atom stereocenters. The average Bonchev–Trinajstić information content (AvgIpc) is 3.02. The summed E-state index contributed by atoms with van der Waals surface area (Å²) in [6.07, 6.45) is 1.75. The van der Waals surface area contributed by atoms with Gasteiger partial charge in [-0.3, -0.25) is 0 Å². The lowest BCUT2D eigenvalue weighted by Crippen LogP contribution is -2.39. The van der Waals surface area contributed by atoms with Crippen LogP contribution in [-0.2, 0) is 16.0 Å². The quantitative estimate of drug-likeness (QED) is 0.283. The first-order valence-electron chi connectivity index (χ1n) is 10.5. The summed E-state index contributed by atoms with van der Waals surface area (Å²) in [6.45, 7) is 10.0. The van der Waals surface area contributed by atoms with Crippen LogP contribution in [0.15, 0.2) is 36.4 Å². The summed E-state index contributed by atoms with van der Waals surface area (Å²) < 4.78 is 31.5. The van der Waals surface area contributed by atoms with Crippen molar-refractivity contribution in [2.24, 2.45) is 0 Å². The molecule has 2 aromatic carbocycles. The second-order valence-corrected chi connectivity index (χ2v) is 9.14. The van der Waals surface area contributed by atoms with Gasteiger partial charge < -0.3 is 14.2 Å². The molecular formula is C25H29FO4S. The second-order valence-electron chi connectivity index (χ2n) is 8.00. The van der Waals surface area contributed by atoms with Crippen LogP contribution in [-0.4, -0.2) is 24.8 Å². The lowest BCUT2D eigenvalue weighted by Gasteiger charge is -2.25. The van der Waals surface area contributed by atoms with Gasteiger partial charge >= 0.3 is 5.97 Å². The largest absolute Gasteiger partial charge is 0.494 e.